The highest BCUT2D eigenvalue weighted by Crippen LogP contribution is 2.19. The fraction of sp³-hybridized carbons (Fsp3) is 0.389. The van der Waals surface area contributed by atoms with Crippen LogP contribution < -0.4 is 10.0 Å². The summed E-state index contributed by atoms with van der Waals surface area (Å²) >= 11 is 0. The molecule has 0 spiro atoms. The molecule has 6 nitrogen and oxygen atoms in total. The van der Waals surface area contributed by atoms with E-state index in [1.807, 2.05) is 19.1 Å². The second-order valence-corrected chi connectivity index (χ2v) is 8.28. The van der Waals surface area contributed by atoms with Crippen molar-refractivity contribution in [3.05, 3.63) is 53.3 Å². The summed E-state index contributed by atoms with van der Waals surface area (Å²) in [5.41, 5.74) is 2.53. The zero-order chi connectivity index (χ0) is 18.8. The molecule has 0 radical (unpaired) electrons. The SMILES string of the molecule is CNS(=O)(=O)c1cc(C(=O)N[C@@H](C)c2ccc(C(C)C)cc2)n(C)c1. The summed E-state index contributed by atoms with van der Waals surface area (Å²) in [5.74, 6) is 0.135. The van der Waals surface area contributed by atoms with Gasteiger partial charge in [-0.15, -0.1) is 0 Å². The van der Waals surface area contributed by atoms with Gasteiger partial charge in [0, 0.05) is 13.2 Å². The molecule has 136 valence electrons. The number of hydrogen-bond acceptors (Lipinski definition) is 3. The lowest BCUT2D eigenvalue weighted by Gasteiger charge is -2.15. The van der Waals surface area contributed by atoms with Crippen LogP contribution in [-0.4, -0.2) is 25.9 Å². The predicted molar refractivity (Wildman–Crippen MR) is 98.1 cm³/mol. The first-order valence-corrected chi connectivity index (χ1v) is 9.64. The lowest BCUT2D eigenvalue weighted by molar-refractivity contribution is 0.0931. The molecule has 2 N–H and O–H groups in total. The predicted octanol–water partition coefficient (Wildman–Crippen LogP) is 2.55. The number of aryl methyl sites for hydroxylation is 1. The van der Waals surface area contributed by atoms with Gasteiger partial charge < -0.3 is 9.88 Å². The second-order valence-electron chi connectivity index (χ2n) is 6.40. The van der Waals surface area contributed by atoms with Crippen molar-refractivity contribution >= 4 is 15.9 Å². The monoisotopic (exact) mass is 363 g/mol. The summed E-state index contributed by atoms with van der Waals surface area (Å²) in [6, 6.07) is 9.30. The minimum absolute atomic E-state index is 0.0663. The van der Waals surface area contributed by atoms with Crippen LogP contribution in [-0.2, 0) is 17.1 Å². The molecular formula is C18H25N3O3S. The first kappa shape index (κ1) is 19.2. The Morgan fingerprint density at radius 3 is 2.16 bits per heavy atom. The zero-order valence-corrected chi connectivity index (χ0v) is 16.0. The maximum absolute atomic E-state index is 12.5. The third kappa shape index (κ3) is 4.29. The van der Waals surface area contributed by atoms with Crippen molar-refractivity contribution in [2.45, 2.75) is 37.6 Å². The summed E-state index contributed by atoms with van der Waals surface area (Å²) in [6.45, 7) is 6.16. The van der Waals surface area contributed by atoms with E-state index in [0.29, 0.717) is 11.6 Å². The Balaban J connectivity index is 2.16. The molecule has 1 aromatic heterocycles. The molecule has 7 heteroatoms. The van der Waals surface area contributed by atoms with Gasteiger partial charge >= 0.3 is 0 Å². The number of carbonyl (C=O) groups is 1. The fourth-order valence-electron chi connectivity index (χ4n) is 2.55. The van der Waals surface area contributed by atoms with Gasteiger partial charge in [-0.05, 0) is 37.1 Å². The van der Waals surface area contributed by atoms with E-state index in [1.165, 1.54) is 29.4 Å². The molecule has 0 aliphatic rings. The van der Waals surface area contributed by atoms with Crippen LogP contribution in [0.25, 0.3) is 0 Å². The average molecular weight is 363 g/mol. The highest BCUT2D eigenvalue weighted by molar-refractivity contribution is 7.89. The number of nitrogens with zero attached hydrogens (tertiary/aromatic N) is 1. The number of rotatable bonds is 6. The van der Waals surface area contributed by atoms with Crippen molar-refractivity contribution in [1.29, 1.82) is 0 Å². The van der Waals surface area contributed by atoms with Gasteiger partial charge in [0.2, 0.25) is 10.0 Å². The quantitative estimate of drug-likeness (QED) is 0.828. The molecule has 0 saturated carbocycles. The van der Waals surface area contributed by atoms with Crippen molar-refractivity contribution in [2.75, 3.05) is 7.05 Å². The molecule has 0 aliphatic carbocycles. The summed E-state index contributed by atoms with van der Waals surface area (Å²) in [7, 11) is -0.595. The second kappa shape index (κ2) is 7.41. The van der Waals surface area contributed by atoms with Crippen molar-refractivity contribution in [3.8, 4) is 0 Å². The summed E-state index contributed by atoms with van der Waals surface area (Å²) in [4.78, 5) is 12.6. The van der Waals surface area contributed by atoms with Crippen LogP contribution in [0.4, 0.5) is 0 Å². The maximum Gasteiger partial charge on any atom is 0.268 e. The van der Waals surface area contributed by atoms with Crippen molar-refractivity contribution < 1.29 is 13.2 Å². The minimum atomic E-state index is -3.58. The Bertz CT molecular complexity index is 852. The number of carbonyl (C=O) groups excluding carboxylic acids is 1. The van der Waals surface area contributed by atoms with Crippen LogP contribution in [0.15, 0.2) is 41.4 Å². The van der Waals surface area contributed by atoms with Gasteiger partial charge in [0.15, 0.2) is 0 Å². The van der Waals surface area contributed by atoms with Gasteiger partial charge in [-0.2, -0.15) is 0 Å². The van der Waals surface area contributed by atoms with Crippen molar-refractivity contribution in [2.24, 2.45) is 7.05 Å². The van der Waals surface area contributed by atoms with Crippen LogP contribution in [0.3, 0.4) is 0 Å². The van der Waals surface area contributed by atoms with E-state index >= 15 is 0 Å². The molecule has 2 rings (SSSR count). The molecule has 1 aromatic carbocycles. The topological polar surface area (TPSA) is 80.2 Å². The van der Waals surface area contributed by atoms with Gasteiger partial charge in [0.25, 0.3) is 5.91 Å². The number of benzene rings is 1. The van der Waals surface area contributed by atoms with E-state index < -0.39 is 10.0 Å². The molecule has 0 saturated heterocycles. The Kier molecular flexibility index (Phi) is 5.69. The first-order chi connectivity index (χ1) is 11.7. The van der Waals surface area contributed by atoms with Crippen LogP contribution in [0.1, 0.15) is 54.3 Å². The Labute approximate surface area is 149 Å². The molecule has 0 fully saturated rings. The van der Waals surface area contributed by atoms with Gasteiger partial charge in [-0.3, -0.25) is 4.79 Å². The van der Waals surface area contributed by atoms with E-state index in [9.17, 15) is 13.2 Å². The lowest BCUT2D eigenvalue weighted by atomic mass is 9.99. The van der Waals surface area contributed by atoms with Crippen LogP contribution >= 0.6 is 0 Å². The molecule has 2 aromatic rings. The highest BCUT2D eigenvalue weighted by atomic mass is 32.2. The zero-order valence-electron chi connectivity index (χ0n) is 15.2. The van der Waals surface area contributed by atoms with Crippen LogP contribution in [0, 0.1) is 0 Å². The summed E-state index contributed by atoms with van der Waals surface area (Å²) in [5, 5.41) is 2.91. The third-order valence-electron chi connectivity index (χ3n) is 4.24. The average Bonchev–Trinajstić information content (AvgIpc) is 2.97. The summed E-state index contributed by atoms with van der Waals surface area (Å²) in [6.07, 6.45) is 1.42. The number of amides is 1. The first-order valence-electron chi connectivity index (χ1n) is 8.16. The van der Waals surface area contributed by atoms with Crippen molar-refractivity contribution in [1.82, 2.24) is 14.6 Å². The smallest absolute Gasteiger partial charge is 0.268 e. The molecular weight excluding hydrogens is 338 g/mol. The normalized spacial score (nSPS) is 13.0. The molecule has 0 bridgehead atoms. The minimum Gasteiger partial charge on any atom is -0.345 e. The maximum atomic E-state index is 12.5. The van der Waals surface area contributed by atoms with E-state index in [4.69, 9.17) is 0 Å². The van der Waals surface area contributed by atoms with E-state index in [-0.39, 0.29) is 16.8 Å². The molecule has 0 unspecified atom stereocenters. The van der Waals surface area contributed by atoms with E-state index in [0.717, 1.165) is 5.56 Å². The van der Waals surface area contributed by atoms with Crippen LogP contribution in [0.2, 0.25) is 0 Å². The Morgan fingerprint density at radius 2 is 1.64 bits per heavy atom. The fourth-order valence-corrected chi connectivity index (χ4v) is 3.35. The number of hydrogen-bond donors (Lipinski definition) is 2. The highest BCUT2D eigenvalue weighted by Gasteiger charge is 2.20. The molecule has 25 heavy (non-hydrogen) atoms. The molecule has 1 amide bonds. The van der Waals surface area contributed by atoms with Gasteiger partial charge in [0.1, 0.15) is 10.6 Å². The summed E-state index contributed by atoms with van der Waals surface area (Å²) < 4.78 is 27.5. The molecule has 1 atom stereocenters. The molecule has 1 heterocycles. The molecule has 0 aliphatic heterocycles. The number of sulfonamides is 1. The largest absolute Gasteiger partial charge is 0.345 e. The third-order valence-corrected chi connectivity index (χ3v) is 5.62. The van der Waals surface area contributed by atoms with Gasteiger partial charge in [-0.1, -0.05) is 38.1 Å². The Morgan fingerprint density at radius 1 is 1.08 bits per heavy atom. The van der Waals surface area contributed by atoms with Gasteiger partial charge in [0.05, 0.1) is 6.04 Å². The van der Waals surface area contributed by atoms with Gasteiger partial charge in [-0.25, -0.2) is 13.1 Å². The van der Waals surface area contributed by atoms with Crippen molar-refractivity contribution in [3.63, 3.8) is 0 Å². The Hall–Kier alpha value is -2.12. The standard InChI is InChI=1S/C18H25N3O3S/c1-12(2)14-6-8-15(9-7-14)13(3)20-18(22)17-10-16(11-21(17)5)25(23,24)19-4/h6-13,19H,1-5H3,(H,20,22)/t13-/m0/s1. The number of aromatic nitrogens is 1. The van der Waals surface area contributed by atoms with E-state index in [1.54, 1.807) is 7.05 Å². The van der Waals surface area contributed by atoms with E-state index in [2.05, 4.69) is 36.0 Å². The number of nitrogens with one attached hydrogen (secondary N) is 2. The van der Waals surface area contributed by atoms with Crippen LogP contribution in [0.5, 0.6) is 0 Å². The lowest BCUT2D eigenvalue weighted by Crippen LogP contribution is -2.28.